The molecule has 0 aromatic heterocycles. The fraction of sp³-hybridized carbons (Fsp3) is 0.364. The maximum atomic E-state index is 14.4. The topological polar surface area (TPSA) is 99.7 Å². The lowest BCUT2D eigenvalue weighted by atomic mass is 9.99. The number of fused-ring (bicyclic) bond motifs is 1. The van der Waals surface area contributed by atoms with Gasteiger partial charge in [-0.3, -0.25) is 14.6 Å². The van der Waals surface area contributed by atoms with Crippen molar-refractivity contribution < 1.29 is 28.3 Å². The number of rotatable bonds is 10. The van der Waals surface area contributed by atoms with Gasteiger partial charge in [0.2, 0.25) is 11.8 Å². The normalized spacial score (nSPS) is 18.2. The monoisotopic (exact) mass is 620 g/mol. The van der Waals surface area contributed by atoms with Crippen molar-refractivity contribution in [3.05, 3.63) is 95.1 Å². The number of hydrogen-bond donors (Lipinski definition) is 2. The second-order valence-electron chi connectivity index (χ2n) is 11.5. The molecule has 0 saturated carbocycles. The van der Waals surface area contributed by atoms with Crippen LogP contribution in [0.3, 0.4) is 0 Å². The fourth-order valence-electron chi connectivity index (χ4n) is 6.00. The standard InChI is InChI=1S/C33H38F2N6O4/c1-4-14-39(33(45)36-18-23-8-6-5-7-9-23)40-21-31(43)41-29(15-22-10-12-25(42)13-11-22)32(44)38(20-30(40)41)19-24-16-26(34)27(35)17-28(24)37(2)3/h5-13,16-17,29-30,42H,4,14-15,18-21H2,1-3H3,(H,36,45)/t29-,30+/m0/s1. The Kier molecular flexibility index (Phi) is 9.52. The van der Waals surface area contributed by atoms with Gasteiger partial charge in [0.25, 0.3) is 0 Å². The summed E-state index contributed by atoms with van der Waals surface area (Å²) in [4.78, 5) is 46.0. The Morgan fingerprint density at radius 3 is 2.36 bits per heavy atom. The number of carbonyl (C=O) groups excluding carboxylic acids is 3. The summed E-state index contributed by atoms with van der Waals surface area (Å²) in [5.41, 5.74) is 2.48. The highest BCUT2D eigenvalue weighted by atomic mass is 19.2. The summed E-state index contributed by atoms with van der Waals surface area (Å²) in [6.45, 7) is 2.48. The number of halogens is 2. The number of hydrogen-bond acceptors (Lipinski definition) is 6. The van der Waals surface area contributed by atoms with Crippen LogP contribution in [0, 0.1) is 11.6 Å². The van der Waals surface area contributed by atoms with Gasteiger partial charge in [-0.1, -0.05) is 49.4 Å². The van der Waals surface area contributed by atoms with Gasteiger partial charge in [-0.25, -0.2) is 13.6 Å². The molecule has 2 aliphatic heterocycles. The van der Waals surface area contributed by atoms with Gasteiger partial charge in [0.1, 0.15) is 18.0 Å². The highest BCUT2D eigenvalue weighted by Crippen LogP contribution is 2.32. The van der Waals surface area contributed by atoms with Gasteiger partial charge in [0.15, 0.2) is 11.6 Å². The van der Waals surface area contributed by atoms with E-state index < -0.39 is 23.8 Å². The SMILES string of the molecule is CCCN(C(=O)NCc1ccccc1)N1CC(=O)N2[C@@H](Cc3ccc(O)cc3)C(=O)N(Cc3cc(F)c(F)cc3N(C)C)C[C@@H]21. The first-order valence-electron chi connectivity index (χ1n) is 15.0. The van der Waals surface area contributed by atoms with Gasteiger partial charge < -0.3 is 25.1 Å². The number of hydrazine groups is 1. The molecule has 2 saturated heterocycles. The number of nitrogens with zero attached hydrogens (tertiary/aromatic N) is 5. The molecule has 2 N–H and O–H groups in total. The molecular formula is C33H38F2N6O4. The summed E-state index contributed by atoms with van der Waals surface area (Å²) in [7, 11) is 3.41. The number of carbonyl (C=O) groups is 3. The molecule has 3 aromatic rings. The molecule has 238 valence electrons. The largest absolute Gasteiger partial charge is 0.508 e. The highest BCUT2D eigenvalue weighted by Gasteiger charge is 2.52. The number of piperazine rings is 1. The molecule has 2 aliphatic rings. The Morgan fingerprint density at radius 1 is 1.00 bits per heavy atom. The van der Waals surface area contributed by atoms with Crippen molar-refractivity contribution in [2.75, 3.05) is 38.6 Å². The molecule has 0 aliphatic carbocycles. The number of benzene rings is 3. The first-order chi connectivity index (χ1) is 21.6. The maximum absolute atomic E-state index is 14.4. The van der Waals surface area contributed by atoms with Crippen LogP contribution in [0.15, 0.2) is 66.7 Å². The van der Waals surface area contributed by atoms with Crippen LogP contribution < -0.4 is 10.2 Å². The number of anilines is 1. The molecule has 0 bridgehead atoms. The Balaban J connectivity index is 1.48. The fourth-order valence-corrected chi connectivity index (χ4v) is 6.00. The number of phenols is 1. The smallest absolute Gasteiger partial charge is 0.332 e. The van der Waals surface area contributed by atoms with Crippen LogP contribution in [-0.4, -0.2) is 88.7 Å². The zero-order chi connectivity index (χ0) is 32.2. The van der Waals surface area contributed by atoms with Crippen LogP contribution in [0.5, 0.6) is 5.75 Å². The van der Waals surface area contributed by atoms with E-state index in [1.807, 2.05) is 37.3 Å². The average Bonchev–Trinajstić information content (AvgIpc) is 3.34. The molecule has 2 fully saturated rings. The first kappa shape index (κ1) is 31.7. The lowest BCUT2D eigenvalue weighted by Crippen LogP contribution is -2.66. The Hall–Kier alpha value is -4.71. The van der Waals surface area contributed by atoms with E-state index in [-0.39, 0.29) is 49.7 Å². The lowest BCUT2D eigenvalue weighted by Gasteiger charge is -2.46. The minimum Gasteiger partial charge on any atom is -0.508 e. The number of nitrogens with one attached hydrogen (secondary N) is 1. The predicted octanol–water partition coefficient (Wildman–Crippen LogP) is 3.70. The van der Waals surface area contributed by atoms with Crippen LogP contribution in [0.2, 0.25) is 0 Å². The molecule has 0 unspecified atom stereocenters. The average molecular weight is 621 g/mol. The summed E-state index contributed by atoms with van der Waals surface area (Å²) in [5.74, 6) is -2.59. The van der Waals surface area contributed by atoms with Crippen molar-refractivity contribution in [2.45, 2.75) is 45.1 Å². The molecular weight excluding hydrogens is 582 g/mol. The summed E-state index contributed by atoms with van der Waals surface area (Å²) in [6, 6.07) is 16.8. The van der Waals surface area contributed by atoms with Gasteiger partial charge in [-0.15, -0.1) is 0 Å². The lowest BCUT2D eigenvalue weighted by molar-refractivity contribution is -0.157. The Bertz CT molecular complexity index is 1540. The van der Waals surface area contributed by atoms with E-state index in [1.165, 1.54) is 22.0 Å². The third-order valence-corrected chi connectivity index (χ3v) is 8.16. The third kappa shape index (κ3) is 6.85. The van der Waals surface area contributed by atoms with Crippen molar-refractivity contribution in [2.24, 2.45) is 0 Å². The van der Waals surface area contributed by atoms with E-state index in [9.17, 15) is 28.3 Å². The van der Waals surface area contributed by atoms with Gasteiger partial charge in [-0.2, -0.15) is 5.01 Å². The molecule has 5 rings (SSSR count). The highest BCUT2D eigenvalue weighted by molar-refractivity contribution is 5.92. The van der Waals surface area contributed by atoms with Crippen LogP contribution >= 0.6 is 0 Å². The van der Waals surface area contributed by atoms with Crippen LogP contribution in [0.1, 0.15) is 30.0 Å². The minimum absolute atomic E-state index is 0.0318. The van der Waals surface area contributed by atoms with E-state index >= 15 is 0 Å². The number of urea groups is 1. The second kappa shape index (κ2) is 13.5. The minimum atomic E-state index is -1.02. The summed E-state index contributed by atoms with van der Waals surface area (Å²) >= 11 is 0. The van der Waals surface area contributed by atoms with Gasteiger partial charge in [-0.05, 0) is 41.3 Å². The summed E-state index contributed by atoms with van der Waals surface area (Å²) in [6.07, 6.45) is 0.105. The van der Waals surface area contributed by atoms with E-state index in [0.717, 1.165) is 23.3 Å². The quantitative estimate of drug-likeness (QED) is 0.359. The second-order valence-corrected chi connectivity index (χ2v) is 11.5. The molecule has 12 heteroatoms. The molecule has 0 spiro atoms. The molecule has 2 atom stereocenters. The van der Waals surface area contributed by atoms with E-state index in [4.69, 9.17) is 0 Å². The maximum Gasteiger partial charge on any atom is 0.332 e. The summed E-state index contributed by atoms with van der Waals surface area (Å²) in [5, 5.41) is 16.0. The van der Waals surface area contributed by atoms with Crippen molar-refractivity contribution in [1.29, 1.82) is 0 Å². The van der Waals surface area contributed by atoms with E-state index in [0.29, 0.717) is 30.8 Å². The first-order valence-corrected chi connectivity index (χ1v) is 15.0. The van der Waals surface area contributed by atoms with Gasteiger partial charge in [0.05, 0.1) is 13.1 Å². The Morgan fingerprint density at radius 2 is 1.69 bits per heavy atom. The summed E-state index contributed by atoms with van der Waals surface area (Å²) < 4.78 is 28.6. The van der Waals surface area contributed by atoms with E-state index in [1.54, 1.807) is 41.0 Å². The zero-order valence-electron chi connectivity index (χ0n) is 25.6. The zero-order valence-corrected chi connectivity index (χ0v) is 25.6. The molecule has 2 heterocycles. The van der Waals surface area contributed by atoms with Crippen LogP contribution in [0.4, 0.5) is 19.3 Å². The van der Waals surface area contributed by atoms with E-state index in [2.05, 4.69) is 5.32 Å². The van der Waals surface area contributed by atoms with Crippen LogP contribution in [0.25, 0.3) is 0 Å². The number of phenolic OH excluding ortho intramolecular Hbond substituents is 1. The van der Waals surface area contributed by atoms with Gasteiger partial charge in [0, 0.05) is 51.9 Å². The molecule has 0 radical (unpaired) electrons. The molecule has 3 aromatic carbocycles. The van der Waals surface area contributed by atoms with Crippen LogP contribution in [-0.2, 0) is 29.1 Å². The van der Waals surface area contributed by atoms with Crippen molar-refractivity contribution in [1.82, 2.24) is 25.1 Å². The number of amides is 4. The Labute approximate surface area is 261 Å². The van der Waals surface area contributed by atoms with Crippen molar-refractivity contribution >= 4 is 23.5 Å². The number of aromatic hydroxyl groups is 1. The third-order valence-electron chi connectivity index (χ3n) is 8.16. The molecule has 4 amide bonds. The predicted molar refractivity (Wildman–Crippen MR) is 165 cm³/mol. The molecule has 45 heavy (non-hydrogen) atoms. The molecule has 10 nitrogen and oxygen atoms in total. The van der Waals surface area contributed by atoms with Gasteiger partial charge >= 0.3 is 6.03 Å². The van der Waals surface area contributed by atoms with Crippen molar-refractivity contribution in [3.8, 4) is 5.75 Å². The van der Waals surface area contributed by atoms with Crippen molar-refractivity contribution in [3.63, 3.8) is 0 Å².